The third-order valence-electron chi connectivity index (χ3n) is 3.55. The van der Waals surface area contributed by atoms with E-state index in [0.29, 0.717) is 25.0 Å². The Kier molecular flexibility index (Phi) is 4.33. The molecule has 3 N–H and O–H groups in total. The normalized spacial score (nSPS) is 28.0. The van der Waals surface area contributed by atoms with Crippen LogP contribution in [-0.2, 0) is 4.79 Å². The predicted octanol–water partition coefficient (Wildman–Crippen LogP) is 1.16. The number of nitrogens with zero attached hydrogens (tertiary/aromatic N) is 1. The molecule has 1 heterocycles. The number of rotatable bonds is 4. The van der Waals surface area contributed by atoms with Crippen LogP contribution in [0.25, 0.3) is 0 Å². The molecule has 94 valence electrons. The molecule has 1 fully saturated rings. The van der Waals surface area contributed by atoms with Crippen molar-refractivity contribution in [3.63, 3.8) is 0 Å². The molecule has 0 bridgehead atoms. The second-order valence-corrected chi connectivity index (χ2v) is 5.68. The van der Waals surface area contributed by atoms with Crippen LogP contribution in [-0.4, -0.2) is 41.7 Å². The summed E-state index contributed by atoms with van der Waals surface area (Å²) in [6, 6.07) is 0.349. The summed E-state index contributed by atoms with van der Waals surface area (Å²) in [5.74, 6) is -0.0281. The van der Waals surface area contributed by atoms with E-state index in [2.05, 4.69) is 11.8 Å². The molecular formula is C12H24N2O2. The molecule has 0 radical (unpaired) electrons. The molecule has 1 saturated heterocycles. The van der Waals surface area contributed by atoms with Crippen molar-refractivity contribution in [3.05, 3.63) is 0 Å². The highest BCUT2D eigenvalue weighted by Crippen LogP contribution is 2.26. The van der Waals surface area contributed by atoms with E-state index >= 15 is 0 Å². The van der Waals surface area contributed by atoms with E-state index in [1.165, 1.54) is 0 Å². The molecule has 0 amide bonds. The molecule has 0 aromatic rings. The van der Waals surface area contributed by atoms with E-state index in [0.717, 1.165) is 19.4 Å². The first-order valence-electron chi connectivity index (χ1n) is 6.04. The van der Waals surface area contributed by atoms with E-state index in [4.69, 9.17) is 10.8 Å². The average molecular weight is 228 g/mol. The Balaban J connectivity index is 2.62. The molecule has 0 aromatic heterocycles. The van der Waals surface area contributed by atoms with Crippen molar-refractivity contribution < 1.29 is 9.90 Å². The van der Waals surface area contributed by atoms with Gasteiger partial charge in [0.15, 0.2) is 0 Å². The number of carboxylic acid groups (broad SMARTS) is 1. The first-order valence-corrected chi connectivity index (χ1v) is 6.04. The molecule has 0 spiro atoms. The summed E-state index contributed by atoms with van der Waals surface area (Å²) in [7, 11) is 0. The number of carboxylic acids is 1. The van der Waals surface area contributed by atoms with Gasteiger partial charge in [0, 0.05) is 19.1 Å². The Morgan fingerprint density at radius 2 is 2.19 bits per heavy atom. The zero-order valence-electron chi connectivity index (χ0n) is 10.6. The smallest absolute Gasteiger partial charge is 0.310 e. The Bertz CT molecular complexity index is 253. The van der Waals surface area contributed by atoms with Crippen LogP contribution in [0.4, 0.5) is 0 Å². The van der Waals surface area contributed by atoms with Gasteiger partial charge in [-0.3, -0.25) is 9.69 Å². The van der Waals surface area contributed by atoms with Crippen molar-refractivity contribution in [2.45, 2.75) is 39.7 Å². The highest BCUT2D eigenvalue weighted by molar-refractivity contribution is 5.73. The summed E-state index contributed by atoms with van der Waals surface area (Å²) >= 11 is 0. The van der Waals surface area contributed by atoms with Crippen molar-refractivity contribution in [3.8, 4) is 0 Å². The Hall–Kier alpha value is -0.610. The molecule has 1 rings (SSSR count). The van der Waals surface area contributed by atoms with Gasteiger partial charge in [-0.1, -0.05) is 6.92 Å². The quantitative estimate of drug-likeness (QED) is 0.757. The molecule has 0 aliphatic carbocycles. The second-order valence-electron chi connectivity index (χ2n) is 5.68. The van der Waals surface area contributed by atoms with Crippen LogP contribution >= 0.6 is 0 Å². The van der Waals surface area contributed by atoms with Crippen molar-refractivity contribution in [1.82, 2.24) is 4.90 Å². The third-order valence-corrected chi connectivity index (χ3v) is 3.55. The van der Waals surface area contributed by atoms with Crippen LogP contribution < -0.4 is 5.73 Å². The fourth-order valence-corrected chi connectivity index (χ4v) is 2.33. The lowest BCUT2D eigenvalue weighted by atomic mass is 9.87. The highest BCUT2D eigenvalue weighted by atomic mass is 16.4. The van der Waals surface area contributed by atoms with Gasteiger partial charge in [-0.15, -0.1) is 0 Å². The van der Waals surface area contributed by atoms with Crippen LogP contribution in [0.2, 0.25) is 0 Å². The topological polar surface area (TPSA) is 66.6 Å². The van der Waals surface area contributed by atoms with Crippen LogP contribution in [0.15, 0.2) is 0 Å². The lowest BCUT2D eigenvalue weighted by Gasteiger charge is -2.40. The average Bonchev–Trinajstić information content (AvgIpc) is 2.20. The summed E-state index contributed by atoms with van der Waals surface area (Å²) in [6.07, 6.45) is 2.23. The van der Waals surface area contributed by atoms with Gasteiger partial charge in [0.1, 0.15) is 0 Å². The fraction of sp³-hybridized carbons (Fsp3) is 0.917. The zero-order chi connectivity index (χ0) is 12.3. The van der Waals surface area contributed by atoms with Gasteiger partial charge in [-0.05, 0) is 39.2 Å². The van der Waals surface area contributed by atoms with Crippen molar-refractivity contribution in [2.24, 2.45) is 17.1 Å². The first kappa shape index (κ1) is 13.5. The Morgan fingerprint density at radius 1 is 1.56 bits per heavy atom. The number of likely N-dealkylation sites (tertiary alicyclic amines) is 1. The molecule has 16 heavy (non-hydrogen) atoms. The minimum Gasteiger partial charge on any atom is -0.481 e. The van der Waals surface area contributed by atoms with E-state index in [1.807, 2.05) is 0 Å². The van der Waals surface area contributed by atoms with Gasteiger partial charge in [0.05, 0.1) is 5.41 Å². The fourth-order valence-electron chi connectivity index (χ4n) is 2.33. The van der Waals surface area contributed by atoms with E-state index in [9.17, 15) is 4.79 Å². The summed E-state index contributed by atoms with van der Waals surface area (Å²) in [4.78, 5) is 13.3. The monoisotopic (exact) mass is 228 g/mol. The van der Waals surface area contributed by atoms with Gasteiger partial charge in [-0.2, -0.15) is 0 Å². The number of aliphatic carboxylic acids is 1. The maximum Gasteiger partial charge on any atom is 0.310 e. The van der Waals surface area contributed by atoms with E-state index < -0.39 is 11.4 Å². The van der Waals surface area contributed by atoms with Crippen molar-refractivity contribution in [2.75, 3.05) is 19.6 Å². The predicted molar refractivity (Wildman–Crippen MR) is 64.2 cm³/mol. The largest absolute Gasteiger partial charge is 0.481 e. The number of piperidine rings is 1. The standard InChI is InChI=1S/C12H24N2O2/c1-9-4-5-14(10(6-9)7-13)8-12(2,3)11(15)16/h9-10H,4-8,13H2,1-3H3,(H,15,16). The molecule has 4 nitrogen and oxygen atoms in total. The first-order chi connectivity index (χ1) is 7.36. The lowest BCUT2D eigenvalue weighted by molar-refractivity contribution is -0.148. The molecule has 0 saturated carbocycles. The summed E-state index contributed by atoms with van der Waals surface area (Å²) in [6.45, 7) is 7.99. The van der Waals surface area contributed by atoms with Gasteiger partial charge in [-0.25, -0.2) is 0 Å². The summed E-state index contributed by atoms with van der Waals surface area (Å²) in [5, 5.41) is 9.12. The van der Waals surface area contributed by atoms with Crippen LogP contribution in [0.5, 0.6) is 0 Å². The molecule has 0 aromatic carbocycles. The molecule has 1 aliphatic rings. The SMILES string of the molecule is CC1CCN(CC(C)(C)C(=O)O)C(CN)C1. The summed E-state index contributed by atoms with van der Waals surface area (Å²) in [5.41, 5.74) is 5.08. The maximum absolute atomic E-state index is 11.1. The molecule has 4 heteroatoms. The van der Waals surface area contributed by atoms with Crippen molar-refractivity contribution in [1.29, 1.82) is 0 Å². The third kappa shape index (κ3) is 3.19. The highest BCUT2D eigenvalue weighted by Gasteiger charge is 2.34. The molecule has 1 aliphatic heterocycles. The minimum atomic E-state index is -0.734. The molecular weight excluding hydrogens is 204 g/mol. The van der Waals surface area contributed by atoms with Gasteiger partial charge < -0.3 is 10.8 Å². The van der Waals surface area contributed by atoms with E-state index in [-0.39, 0.29) is 0 Å². The van der Waals surface area contributed by atoms with Crippen LogP contribution in [0, 0.1) is 11.3 Å². The number of nitrogens with two attached hydrogens (primary N) is 1. The van der Waals surface area contributed by atoms with Gasteiger partial charge in [0.2, 0.25) is 0 Å². The zero-order valence-corrected chi connectivity index (χ0v) is 10.6. The van der Waals surface area contributed by atoms with Crippen LogP contribution in [0.1, 0.15) is 33.6 Å². The Morgan fingerprint density at radius 3 is 2.69 bits per heavy atom. The van der Waals surface area contributed by atoms with Crippen LogP contribution in [0.3, 0.4) is 0 Å². The number of hydrogen-bond acceptors (Lipinski definition) is 3. The lowest BCUT2D eigenvalue weighted by Crippen LogP contribution is -2.51. The van der Waals surface area contributed by atoms with Gasteiger partial charge in [0.25, 0.3) is 0 Å². The Labute approximate surface area is 97.8 Å². The number of carbonyl (C=O) groups is 1. The minimum absolute atomic E-state index is 0.349. The van der Waals surface area contributed by atoms with Crippen molar-refractivity contribution >= 4 is 5.97 Å². The number of hydrogen-bond donors (Lipinski definition) is 2. The molecule has 2 atom stereocenters. The maximum atomic E-state index is 11.1. The second kappa shape index (κ2) is 5.15. The van der Waals surface area contributed by atoms with Gasteiger partial charge >= 0.3 is 5.97 Å². The summed E-state index contributed by atoms with van der Waals surface area (Å²) < 4.78 is 0. The molecule has 2 unspecified atom stereocenters. The van der Waals surface area contributed by atoms with E-state index in [1.54, 1.807) is 13.8 Å².